The van der Waals surface area contributed by atoms with Crippen molar-refractivity contribution in [2.45, 2.75) is 0 Å². The zero-order chi connectivity index (χ0) is 21.0. The summed E-state index contributed by atoms with van der Waals surface area (Å²) in [7, 11) is 0. The first-order valence-electron chi connectivity index (χ1n) is 10.3. The van der Waals surface area contributed by atoms with Crippen molar-refractivity contribution in [3.8, 4) is 11.3 Å². The van der Waals surface area contributed by atoms with Crippen LogP contribution >= 0.6 is 0 Å². The molecule has 0 radical (unpaired) electrons. The number of rotatable bonds is 4. The van der Waals surface area contributed by atoms with Gasteiger partial charge in [-0.1, -0.05) is 30.3 Å². The summed E-state index contributed by atoms with van der Waals surface area (Å²) in [6.45, 7) is 3.60. The van der Waals surface area contributed by atoms with Gasteiger partial charge in [-0.05, 0) is 24.3 Å². The number of aromatic nitrogens is 3. The van der Waals surface area contributed by atoms with E-state index in [0.29, 0.717) is 17.1 Å². The van der Waals surface area contributed by atoms with Gasteiger partial charge in [0, 0.05) is 49.5 Å². The number of carbonyl (C=O) groups is 1. The molecule has 1 fully saturated rings. The number of hydrogen-bond acceptors (Lipinski definition) is 6. The van der Waals surface area contributed by atoms with E-state index in [9.17, 15) is 4.79 Å². The lowest BCUT2D eigenvalue weighted by atomic mass is 10.1. The monoisotopic (exact) mass is 410 g/mol. The molecule has 3 aromatic heterocycles. The highest BCUT2D eigenvalue weighted by molar-refractivity contribution is 6.05. The number of fused-ring (bicyclic) bond motifs is 1. The van der Waals surface area contributed by atoms with Crippen LogP contribution in [0.2, 0.25) is 0 Å². The van der Waals surface area contributed by atoms with Gasteiger partial charge in [0.25, 0.3) is 5.91 Å². The lowest BCUT2D eigenvalue weighted by Crippen LogP contribution is -2.43. The van der Waals surface area contributed by atoms with Crippen molar-refractivity contribution in [2.24, 2.45) is 0 Å². The van der Waals surface area contributed by atoms with Gasteiger partial charge in [-0.2, -0.15) is 0 Å². The molecule has 5 rings (SSSR count). The molecule has 0 aliphatic carbocycles. The number of nitrogens with zero attached hydrogens (tertiary/aromatic N) is 4. The van der Waals surface area contributed by atoms with Gasteiger partial charge in [-0.15, -0.1) is 0 Å². The summed E-state index contributed by atoms with van der Waals surface area (Å²) < 4.78 is 0. The normalized spacial score (nSPS) is 13.9. The first kappa shape index (κ1) is 19.1. The second kappa shape index (κ2) is 8.49. The van der Waals surface area contributed by atoms with E-state index in [0.717, 1.165) is 48.3 Å². The van der Waals surface area contributed by atoms with Gasteiger partial charge in [0.2, 0.25) is 0 Å². The predicted molar refractivity (Wildman–Crippen MR) is 122 cm³/mol. The van der Waals surface area contributed by atoms with Crippen molar-refractivity contribution in [1.82, 2.24) is 20.3 Å². The molecular weight excluding hydrogens is 388 g/mol. The Kier molecular flexibility index (Phi) is 5.24. The van der Waals surface area contributed by atoms with Crippen LogP contribution < -0.4 is 15.5 Å². The Morgan fingerprint density at radius 2 is 1.81 bits per heavy atom. The Balaban J connectivity index is 1.44. The molecule has 4 aromatic rings. The minimum absolute atomic E-state index is 0.264. The zero-order valence-electron chi connectivity index (χ0n) is 17.0. The maximum absolute atomic E-state index is 13.0. The average Bonchev–Trinajstić information content (AvgIpc) is 2.84. The molecule has 7 heteroatoms. The average molecular weight is 410 g/mol. The van der Waals surface area contributed by atoms with E-state index >= 15 is 0 Å². The van der Waals surface area contributed by atoms with Gasteiger partial charge < -0.3 is 15.5 Å². The molecule has 0 saturated carbocycles. The van der Waals surface area contributed by atoms with Crippen LogP contribution in [0, 0.1) is 0 Å². The fourth-order valence-electron chi connectivity index (χ4n) is 3.87. The topological polar surface area (TPSA) is 83.0 Å². The fourth-order valence-corrected chi connectivity index (χ4v) is 3.87. The number of piperazine rings is 1. The number of carbonyl (C=O) groups excluding carboxylic acids is 1. The van der Waals surface area contributed by atoms with Crippen molar-refractivity contribution in [2.75, 3.05) is 36.4 Å². The Hall–Kier alpha value is -3.84. The van der Waals surface area contributed by atoms with Gasteiger partial charge in [0.15, 0.2) is 0 Å². The molecule has 154 valence electrons. The van der Waals surface area contributed by atoms with Gasteiger partial charge >= 0.3 is 0 Å². The Bertz CT molecular complexity index is 1230. The maximum Gasteiger partial charge on any atom is 0.274 e. The van der Waals surface area contributed by atoms with E-state index < -0.39 is 0 Å². The molecule has 1 aliphatic rings. The van der Waals surface area contributed by atoms with Crippen LogP contribution in [0.1, 0.15) is 10.5 Å². The van der Waals surface area contributed by atoms with Crippen LogP contribution in [-0.2, 0) is 0 Å². The Labute approximate surface area is 180 Å². The fraction of sp³-hybridized carbons (Fsp3) is 0.167. The molecule has 1 aromatic carbocycles. The lowest BCUT2D eigenvalue weighted by Gasteiger charge is -2.30. The van der Waals surface area contributed by atoms with Gasteiger partial charge in [-0.25, -0.2) is 4.98 Å². The summed E-state index contributed by atoms with van der Waals surface area (Å²) in [5.74, 6) is -0.264. The first-order valence-corrected chi connectivity index (χ1v) is 10.3. The number of nitrogens with one attached hydrogen (secondary N) is 2. The molecule has 7 nitrogen and oxygen atoms in total. The van der Waals surface area contributed by atoms with Crippen molar-refractivity contribution >= 4 is 28.2 Å². The quantitative estimate of drug-likeness (QED) is 0.537. The number of anilines is 2. The second-order valence-electron chi connectivity index (χ2n) is 7.37. The third kappa shape index (κ3) is 3.95. The van der Waals surface area contributed by atoms with E-state index in [-0.39, 0.29) is 5.91 Å². The van der Waals surface area contributed by atoms with Gasteiger partial charge in [0.05, 0.1) is 28.8 Å². The predicted octanol–water partition coefficient (Wildman–Crippen LogP) is 3.35. The second-order valence-corrected chi connectivity index (χ2v) is 7.37. The van der Waals surface area contributed by atoms with Crippen LogP contribution in [0.5, 0.6) is 0 Å². The van der Waals surface area contributed by atoms with E-state index in [1.807, 2.05) is 48.5 Å². The SMILES string of the molecule is O=C(Nc1cnccc1N1CCNCC1)c1cccc(-c2cccc3cccnc23)n1. The minimum atomic E-state index is -0.264. The number of amides is 1. The van der Waals surface area contributed by atoms with E-state index in [1.54, 1.807) is 24.7 Å². The highest BCUT2D eigenvalue weighted by atomic mass is 16.1. The van der Waals surface area contributed by atoms with Crippen LogP contribution in [0.3, 0.4) is 0 Å². The standard InChI is InChI=1S/C24H22N6O/c31-24(29-21-16-26-11-9-22(21)30-14-12-25-13-15-30)20-8-2-7-19(28-20)18-6-1-4-17-5-3-10-27-23(17)18/h1-11,16,25H,12-15H2,(H,29,31). The van der Waals surface area contributed by atoms with Crippen molar-refractivity contribution in [3.63, 3.8) is 0 Å². The van der Waals surface area contributed by atoms with E-state index in [4.69, 9.17) is 0 Å². The van der Waals surface area contributed by atoms with Crippen LogP contribution in [0.15, 0.2) is 73.2 Å². The molecule has 1 aliphatic heterocycles. The molecule has 2 N–H and O–H groups in total. The number of benzene rings is 1. The molecule has 4 heterocycles. The molecule has 31 heavy (non-hydrogen) atoms. The van der Waals surface area contributed by atoms with Crippen molar-refractivity contribution in [3.05, 3.63) is 78.9 Å². The number of pyridine rings is 3. The van der Waals surface area contributed by atoms with E-state index in [1.165, 1.54) is 0 Å². The maximum atomic E-state index is 13.0. The molecule has 0 unspecified atom stereocenters. The highest BCUT2D eigenvalue weighted by Crippen LogP contribution is 2.27. The Morgan fingerprint density at radius 3 is 2.71 bits per heavy atom. The van der Waals surface area contributed by atoms with Crippen LogP contribution in [0.25, 0.3) is 22.2 Å². The van der Waals surface area contributed by atoms with Crippen LogP contribution in [0.4, 0.5) is 11.4 Å². The summed E-state index contributed by atoms with van der Waals surface area (Å²) in [4.78, 5) is 28.6. The van der Waals surface area contributed by atoms with Crippen LogP contribution in [-0.4, -0.2) is 47.0 Å². The molecule has 0 atom stereocenters. The zero-order valence-corrected chi connectivity index (χ0v) is 17.0. The summed E-state index contributed by atoms with van der Waals surface area (Å²) >= 11 is 0. The largest absolute Gasteiger partial charge is 0.367 e. The van der Waals surface area contributed by atoms with E-state index in [2.05, 4.69) is 30.5 Å². The summed E-state index contributed by atoms with van der Waals surface area (Å²) in [6.07, 6.45) is 5.20. The summed E-state index contributed by atoms with van der Waals surface area (Å²) in [5, 5.41) is 7.38. The molecule has 0 bridgehead atoms. The molecule has 1 amide bonds. The Morgan fingerprint density at radius 1 is 0.968 bits per heavy atom. The molecule has 0 spiro atoms. The number of para-hydroxylation sites is 1. The van der Waals surface area contributed by atoms with Gasteiger partial charge in [0.1, 0.15) is 5.69 Å². The lowest BCUT2D eigenvalue weighted by molar-refractivity contribution is 0.102. The van der Waals surface area contributed by atoms with Crippen molar-refractivity contribution < 1.29 is 4.79 Å². The summed E-state index contributed by atoms with van der Waals surface area (Å²) in [6, 6.07) is 17.3. The minimum Gasteiger partial charge on any atom is -0.367 e. The summed E-state index contributed by atoms with van der Waals surface area (Å²) in [5.41, 5.74) is 4.48. The highest BCUT2D eigenvalue weighted by Gasteiger charge is 2.17. The first-order chi connectivity index (χ1) is 15.3. The van der Waals surface area contributed by atoms with Gasteiger partial charge in [-0.3, -0.25) is 14.8 Å². The van der Waals surface area contributed by atoms with Crippen molar-refractivity contribution in [1.29, 1.82) is 0 Å². The molecule has 1 saturated heterocycles. The third-order valence-corrected chi connectivity index (χ3v) is 5.39. The molecular formula is C24H22N6O. The smallest absolute Gasteiger partial charge is 0.274 e. The third-order valence-electron chi connectivity index (χ3n) is 5.39. The number of hydrogen-bond donors (Lipinski definition) is 2.